The lowest BCUT2D eigenvalue weighted by atomic mass is 10.2. The van der Waals surface area contributed by atoms with Gasteiger partial charge in [-0.15, -0.1) is 13.2 Å². The second-order valence-electron chi connectivity index (χ2n) is 5.23. The fraction of sp³-hybridized carbons (Fsp3) is 0.176. The van der Waals surface area contributed by atoms with E-state index in [1.54, 1.807) is 0 Å². The number of esters is 1. The highest BCUT2D eigenvalue weighted by molar-refractivity contribution is 6.36. The maximum absolute atomic E-state index is 12.1. The van der Waals surface area contributed by atoms with Gasteiger partial charge in [-0.25, -0.2) is 4.79 Å². The SMILES string of the molecule is C[C@H](OC(=O)c1ccc(OC(F)(F)F)cc1)C(=O)Nc1ccc(Cl)cc1Cl. The Hall–Kier alpha value is -2.45. The first-order valence-electron chi connectivity index (χ1n) is 7.38. The van der Waals surface area contributed by atoms with Crippen molar-refractivity contribution in [1.82, 2.24) is 0 Å². The zero-order valence-electron chi connectivity index (χ0n) is 13.6. The van der Waals surface area contributed by atoms with E-state index >= 15 is 0 Å². The third-order valence-corrected chi connectivity index (χ3v) is 3.71. The number of rotatable bonds is 5. The fourth-order valence-corrected chi connectivity index (χ4v) is 2.36. The van der Waals surface area contributed by atoms with E-state index in [9.17, 15) is 22.8 Å². The summed E-state index contributed by atoms with van der Waals surface area (Å²) in [6.07, 6.45) is -6.02. The van der Waals surface area contributed by atoms with Crippen molar-refractivity contribution in [2.75, 3.05) is 5.32 Å². The molecule has 1 atom stereocenters. The second-order valence-corrected chi connectivity index (χ2v) is 6.08. The number of carbonyl (C=O) groups is 2. The summed E-state index contributed by atoms with van der Waals surface area (Å²) in [5, 5.41) is 3.07. The quantitative estimate of drug-likeness (QED) is 0.683. The van der Waals surface area contributed by atoms with Crippen molar-refractivity contribution in [2.24, 2.45) is 0 Å². The Kier molecular flexibility index (Phi) is 6.56. The van der Waals surface area contributed by atoms with Crippen molar-refractivity contribution in [3.05, 3.63) is 58.1 Å². The van der Waals surface area contributed by atoms with Gasteiger partial charge in [0.15, 0.2) is 6.10 Å². The molecule has 27 heavy (non-hydrogen) atoms. The number of anilines is 1. The van der Waals surface area contributed by atoms with Crippen LogP contribution in [0.1, 0.15) is 17.3 Å². The van der Waals surface area contributed by atoms with Crippen LogP contribution in [-0.2, 0) is 9.53 Å². The predicted octanol–water partition coefficient (Wildman–Crippen LogP) is 5.08. The van der Waals surface area contributed by atoms with Crippen molar-refractivity contribution in [2.45, 2.75) is 19.4 Å². The largest absolute Gasteiger partial charge is 0.573 e. The number of ether oxygens (including phenoxy) is 2. The molecule has 10 heteroatoms. The number of hydrogen-bond donors (Lipinski definition) is 1. The Morgan fingerprint density at radius 2 is 1.70 bits per heavy atom. The minimum absolute atomic E-state index is 0.0475. The van der Waals surface area contributed by atoms with Crippen LogP contribution in [0.3, 0.4) is 0 Å². The molecule has 1 N–H and O–H groups in total. The molecule has 0 fully saturated rings. The maximum atomic E-state index is 12.1. The lowest BCUT2D eigenvalue weighted by Gasteiger charge is -2.14. The van der Waals surface area contributed by atoms with Crippen LogP contribution < -0.4 is 10.1 Å². The third kappa shape index (κ3) is 6.33. The topological polar surface area (TPSA) is 64.6 Å². The minimum atomic E-state index is -4.84. The predicted molar refractivity (Wildman–Crippen MR) is 93.1 cm³/mol. The lowest BCUT2D eigenvalue weighted by Crippen LogP contribution is -2.30. The first kappa shape index (κ1) is 20.9. The Balaban J connectivity index is 1.97. The molecule has 5 nitrogen and oxygen atoms in total. The Morgan fingerprint density at radius 1 is 1.07 bits per heavy atom. The van der Waals surface area contributed by atoms with Crippen LogP contribution in [0, 0.1) is 0 Å². The molecule has 0 saturated carbocycles. The molecule has 0 radical (unpaired) electrons. The van der Waals surface area contributed by atoms with Gasteiger partial charge in [0.05, 0.1) is 16.3 Å². The van der Waals surface area contributed by atoms with E-state index in [2.05, 4.69) is 10.1 Å². The molecule has 0 bridgehead atoms. The number of benzene rings is 2. The van der Waals surface area contributed by atoms with Crippen molar-refractivity contribution in [1.29, 1.82) is 0 Å². The fourth-order valence-electron chi connectivity index (χ4n) is 1.90. The zero-order chi connectivity index (χ0) is 20.2. The Labute approximate surface area is 162 Å². The van der Waals surface area contributed by atoms with Crippen LogP contribution in [0.5, 0.6) is 5.75 Å². The zero-order valence-corrected chi connectivity index (χ0v) is 15.2. The van der Waals surface area contributed by atoms with Crippen LogP contribution in [0.2, 0.25) is 10.0 Å². The van der Waals surface area contributed by atoms with Crippen LogP contribution in [0.15, 0.2) is 42.5 Å². The number of alkyl halides is 3. The number of amides is 1. The van der Waals surface area contributed by atoms with Gasteiger partial charge in [-0.2, -0.15) is 0 Å². The number of hydrogen-bond acceptors (Lipinski definition) is 4. The van der Waals surface area contributed by atoms with Crippen LogP contribution in [0.25, 0.3) is 0 Å². The molecule has 0 spiro atoms. The first-order valence-corrected chi connectivity index (χ1v) is 8.13. The summed E-state index contributed by atoms with van der Waals surface area (Å²) < 4.78 is 45.0. The van der Waals surface area contributed by atoms with E-state index in [1.165, 1.54) is 25.1 Å². The molecule has 0 aromatic heterocycles. The summed E-state index contributed by atoms with van der Waals surface area (Å²) in [5.74, 6) is -2.02. The van der Waals surface area contributed by atoms with E-state index in [1.807, 2.05) is 0 Å². The van der Waals surface area contributed by atoms with E-state index in [0.717, 1.165) is 24.3 Å². The summed E-state index contributed by atoms with van der Waals surface area (Å²) >= 11 is 11.7. The molecule has 1 amide bonds. The third-order valence-electron chi connectivity index (χ3n) is 3.17. The summed E-state index contributed by atoms with van der Waals surface area (Å²) in [5.41, 5.74) is 0.233. The standard InChI is InChI=1S/C17H12Cl2F3NO4/c1-9(15(24)23-14-7-4-11(18)8-13(14)19)26-16(25)10-2-5-12(6-3-10)27-17(20,21)22/h2-9H,1H3,(H,23,24)/t9-/m0/s1. The second kappa shape index (κ2) is 8.49. The molecule has 2 rings (SSSR count). The average molecular weight is 422 g/mol. The molecule has 0 aliphatic heterocycles. The number of carbonyl (C=O) groups excluding carboxylic acids is 2. The molecule has 0 aliphatic carbocycles. The van der Waals surface area contributed by atoms with Crippen molar-refractivity contribution in [3.63, 3.8) is 0 Å². The van der Waals surface area contributed by atoms with Gasteiger partial charge in [-0.3, -0.25) is 4.79 Å². The number of halogens is 5. The molecule has 0 saturated heterocycles. The summed E-state index contributed by atoms with van der Waals surface area (Å²) in [6, 6.07) is 8.53. The first-order chi connectivity index (χ1) is 12.5. The number of nitrogens with one attached hydrogen (secondary N) is 1. The molecule has 144 valence electrons. The molecule has 0 unspecified atom stereocenters. The molecule has 0 aliphatic rings. The summed E-state index contributed by atoms with van der Waals surface area (Å²) in [4.78, 5) is 24.1. The van der Waals surface area contributed by atoms with Crippen LogP contribution >= 0.6 is 23.2 Å². The van der Waals surface area contributed by atoms with E-state index < -0.39 is 30.1 Å². The Bertz CT molecular complexity index is 841. The molecular formula is C17H12Cl2F3NO4. The van der Waals surface area contributed by atoms with Crippen molar-refractivity contribution < 1.29 is 32.2 Å². The highest BCUT2D eigenvalue weighted by atomic mass is 35.5. The highest BCUT2D eigenvalue weighted by Gasteiger charge is 2.31. The van der Waals surface area contributed by atoms with Crippen molar-refractivity contribution in [3.8, 4) is 5.75 Å². The minimum Gasteiger partial charge on any atom is -0.449 e. The molecule has 0 heterocycles. The summed E-state index contributed by atoms with van der Waals surface area (Å²) in [7, 11) is 0. The molecule has 2 aromatic carbocycles. The van der Waals surface area contributed by atoms with Gasteiger partial charge in [0.2, 0.25) is 0 Å². The van der Waals surface area contributed by atoms with Gasteiger partial charge in [0.25, 0.3) is 5.91 Å². The van der Waals surface area contributed by atoms with E-state index in [-0.39, 0.29) is 16.3 Å². The lowest BCUT2D eigenvalue weighted by molar-refractivity contribution is -0.274. The van der Waals surface area contributed by atoms with Gasteiger partial charge in [0, 0.05) is 5.02 Å². The van der Waals surface area contributed by atoms with Gasteiger partial charge < -0.3 is 14.8 Å². The van der Waals surface area contributed by atoms with Gasteiger partial charge in [-0.05, 0) is 49.4 Å². The van der Waals surface area contributed by atoms with Crippen LogP contribution in [-0.4, -0.2) is 24.3 Å². The van der Waals surface area contributed by atoms with E-state index in [4.69, 9.17) is 27.9 Å². The Morgan fingerprint density at radius 3 is 2.26 bits per heavy atom. The normalized spacial score (nSPS) is 12.2. The maximum Gasteiger partial charge on any atom is 0.573 e. The van der Waals surface area contributed by atoms with E-state index in [0.29, 0.717) is 5.02 Å². The molecular weight excluding hydrogens is 410 g/mol. The van der Waals surface area contributed by atoms with Gasteiger partial charge in [-0.1, -0.05) is 23.2 Å². The molecule has 2 aromatic rings. The summed E-state index contributed by atoms with van der Waals surface area (Å²) in [6.45, 7) is 1.33. The highest BCUT2D eigenvalue weighted by Crippen LogP contribution is 2.26. The smallest absolute Gasteiger partial charge is 0.449 e. The van der Waals surface area contributed by atoms with Gasteiger partial charge >= 0.3 is 12.3 Å². The van der Waals surface area contributed by atoms with Gasteiger partial charge in [0.1, 0.15) is 5.75 Å². The monoisotopic (exact) mass is 421 g/mol. The van der Waals surface area contributed by atoms with Crippen LogP contribution in [0.4, 0.5) is 18.9 Å². The van der Waals surface area contributed by atoms with Crippen molar-refractivity contribution >= 4 is 40.8 Å². The average Bonchev–Trinajstić information content (AvgIpc) is 2.56.